The van der Waals surface area contributed by atoms with E-state index >= 15 is 0 Å². The van der Waals surface area contributed by atoms with Gasteiger partial charge in [-0.15, -0.1) is 35.3 Å². The number of amides is 1. The van der Waals surface area contributed by atoms with E-state index in [1.54, 1.807) is 25.4 Å². The highest BCUT2D eigenvalue weighted by molar-refractivity contribution is 14.0. The molecule has 0 saturated carbocycles. The van der Waals surface area contributed by atoms with Crippen LogP contribution in [0.2, 0.25) is 0 Å². The van der Waals surface area contributed by atoms with Crippen LogP contribution in [-0.4, -0.2) is 26.0 Å². The molecule has 2 aromatic rings. The van der Waals surface area contributed by atoms with E-state index in [0.29, 0.717) is 12.1 Å². The second-order valence-corrected chi connectivity index (χ2v) is 5.67. The number of guanidine groups is 1. The summed E-state index contributed by atoms with van der Waals surface area (Å²) in [5.41, 5.74) is 1.75. The predicted octanol–water partition coefficient (Wildman–Crippen LogP) is 2.59. The zero-order chi connectivity index (χ0) is 15.8. The molecule has 0 fully saturated rings. The summed E-state index contributed by atoms with van der Waals surface area (Å²) in [6.45, 7) is 1.41. The van der Waals surface area contributed by atoms with E-state index in [2.05, 4.69) is 32.4 Å². The molecule has 1 aromatic carbocycles. The molecule has 0 unspecified atom stereocenters. The van der Waals surface area contributed by atoms with Gasteiger partial charge in [0.2, 0.25) is 0 Å². The summed E-state index contributed by atoms with van der Waals surface area (Å²) < 4.78 is 0. The Hall–Kier alpha value is -1.61. The number of nitrogens with zero attached hydrogens (tertiary/aromatic N) is 1. The Bertz CT molecular complexity index is 626. The quantitative estimate of drug-likeness (QED) is 0.378. The summed E-state index contributed by atoms with van der Waals surface area (Å²) >= 11 is 1.71. The highest BCUT2D eigenvalue weighted by atomic mass is 127. The van der Waals surface area contributed by atoms with Crippen molar-refractivity contribution >= 4 is 47.2 Å². The topological polar surface area (TPSA) is 65.5 Å². The van der Waals surface area contributed by atoms with Gasteiger partial charge in [-0.2, -0.15) is 0 Å². The Labute approximate surface area is 157 Å². The first-order valence-electron chi connectivity index (χ1n) is 7.01. The fourth-order valence-corrected chi connectivity index (χ4v) is 2.55. The smallest absolute Gasteiger partial charge is 0.251 e. The van der Waals surface area contributed by atoms with Crippen LogP contribution in [-0.2, 0) is 13.1 Å². The van der Waals surface area contributed by atoms with Gasteiger partial charge in [-0.05, 0) is 29.1 Å². The molecule has 0 radical (unpaired) electrons. The lowest BCUT2D eigenvalue weighted by molar-refractivity contribution is 0.0963. The number of carbonyl (C=O) groups excluding carboxylic acids is 1. The molecule has 1 heterocycles. The van der Waals surface area contributed by atoms with Crippen LogP contribution in [0, 0.1) is 0 Å². The second-order valence-electron chi connectivity index (χ2n) is 4.63. The Morgan fingerprint density at radius 3 is 2.39 bits per heavy atom. The maximum atomic E-state index is 11.5. The monoisotopic (exact) mass is 444 g/mol. The van der Waals surface area contributed by atoms with E-state index in [1.165, 1.54) is 4.88 Å². The highest BCUT2D eigenvalue weighted by Crippen LogP contribution is 2.07. The zero-order valence-corrected chi connectivity index (χ0v) is 16.3. The van der Waals surface area contributed by atoms with E-state index in [1.807, 2.05) is 30.3 Å². The second kappa shape index (κ2) is 10.2. The van der Waals surface area contributed by atoms with Gasteiger partial charge in [0, 0.05) is 31.1 Å². The van der Waals surface area contributed by atoms with Crippen molar-refractivity contribution in [1.29, 1.82) is 0 Å². The third-order valence-electron chi connectivity index (χ3n) is 3.14. The standard InChI is InChI=1S/C16H20N4OS.HI/c1-17-15(21)13-7-5-12(6-8-13)10-19-16(18-2)20-11-14-4-3-9-22-14;/h3-9H,10-11H2,1-2H3,(H,17,21)(H2,18,19,20);1H. The largest absolute Gasteiger partial charge is 0.355 e. The summed E-state index contributed by atoms with van der Waals surface area (Å²) in [6.07, 6.45) is 0. The van der Waals surface area contributed by atoms with E-state index < -0.39 is 0 Å². The molecule has 124 valence electrons. The zero-order valence-electron chi connectivity index (χ0n) is 13.1. The summed E-state index contributed by atoms with van der Waals surface area (Å²) in [6, 6.07) is 11.6. The minimum Gasteiger partial charge on any atom is -0.355 e. The van der Waals surface area contributed by atoms with Crippen molar-refractivity contribution in [3.63, 3.8) is 0 Å². The van der Waals surface area contributed by atoms with Crippen LogP contribution in [0.4, 0.5) is 0 Å². The molecule has 1 amide bonds. The molecule has 0 bridgehead atoms. The third kappa shape index (κ3) is 6.19. The molecule has 2 rings (SSSR count). The number of halogens is 1. The average Bonchev–Trinajstić information content (AvgIpc) is 3.08. The number of benzene rings is 1. The van der Waals surface area contributed by atoms with Crippen LogP contribution in [0.1, 0.15) is 20.8 Å². The molecule has 3 N–H and O–H groups in total. The Morgan fingerprint density at radius 2 is 1.83 bits per heavy atom. The van der Waals surface area contributed by atoms with E-state index in [0.717, 1.165) is 18.1 Å². The lowest BCUT2D eigenvalue weighted by atomic mass is 10.1. The summed E-state index contributed by atoms with van der Waals surface area (Å²) in [4.78, 5) is 16.9. The van der Waals surface area contributed by atoms with Gasteiger partial charge in [0.25, 0.3) is 5.91 Å². The first-order chi connectivity index (χ1) is 10.7. The summed E-state index contributed by atoms with van der Waals surface area (Å²) in [5, 5.41) is 11.2. The van der Waals surface area contributed by atoms with Crippen molar-refractivity contribution < 1.29 is 4.79 Å². The first-order valence-corrected chi connectivity index (χ1v) is 7.89. The number of thiophene rings is 1. The molecule has 0 saturated heterocycles. The molecular formula is C16H21IN4OS. The molecule has 1 aromatic heterocycles. The fraction of sp³-hybridized carbons (Fsp3) is 0.250. The number of nitrogens with one attached hydrogen (secondary N) is 3. The van der Waals surface area contributed by atoms with Crippen LogP contribution in [0.3, 0.4) is 0 Å². The molecule has 23 heavy (non-hydrogen) atoms. The average molecular weight is 444 g/mol. The SMILES string of the molecule is CN=C(NCc1ccc(C(=O)NC)cc1)NCc1cccs1.I. The first kappa shape index (κ1) is 19.4. The van der Waals surface area contributed by atoms with Gasteiger partial charge in [0.15, 0.2) is 5.96 Å². The highest BCUT2D eigenvalue weighted by Gasteiger charge is 2.03. The normalized spacial score (nSPS) is 10.6. The van der Waals surface area contributed by atoms with Gasteiger partial charge >= 0.3 is 0 Å². The molecule has 0 aliphatic rings. The fourth-order valence-electron chi connectivity index (χ4n) is 1.91. The van der Waals surface area contributed by atoms with Crippen molar-refractivity contribution in [3.8, 4) is 0 Å². The number of hydrogen-bond acceptors (Lipinski definition) is 3. The Morgan fingerprint density at radius 1 is 1.13 bits per heavy atom. The molecule has 5 nitrogen and oxygen atoms in total. The maximum absolute atomic E-state index is 11.5. The van der Waals surface area contributed by atoms with Crippen LogP contribution in [0.25, 0.3) is 0 Å². The maximum Gasteiger partial charge on any atom is 0.251 e. The molecule has 0 spiro atoms. The van der Waals surface area contributed by atoms with Crippen molar-refractivity contribution in [3.05, 3.63) is 57.8 Å². The van der Waals surface area contributed by atoms with E-state index in [4.69, 9.17) is 0 Å². The number of hydrogen-bond donors (Lipinski definition) is 3. The van der Waals surface area contributed by atoms with Gasteiger partial charge < -0.3 is 16.0 Å². The van der Waals surface area contributed by atoms with E-state index in [9.17, 15) is 4.79 Å². The molecule has 0 aliphatic heterocycles. The molecule has 0 atom stereocenters. The predicted molar refractivity (Wildman–Crippen MR) is 107 cm³/mol. The molecule has 0 aliphatic carbocycles. The van der Waals surface area contributed by atoms with E-state index in [-0.39, 0.29) is 29.9 Å². The Balaban J connectivity index is 0.00000264. The minimum atomic E-state index is -0.0760. The van der Waals surface area contributed by atoms with Gasteiger partial charge in [-0.1, -0.05) is 18.2 Å². The summed E-state index contributed by atoms with van der Waals surface area (Å²) in [7, 11) is 3.37. The van der Waals surface area contributed by atoms with Crippen LogP contribution in [0.5, 0.6) is 0 Å². The van der Waals surface area contributed by atoms with Gasteiger partial charge in [0.1, 0.15) is 0 Å². The van der Waals surface area contributed by atoms with Crippen LogP contribution in [0.15, 0.2) is 46.8 Å². The van der Waals surface area contributed by atoms with Crippen LogP contribution >= 0.6 is 35.3 Å². The van der Waals surface area contributed by atoms with Gasteiger partial charge in [-0.3, -0.25) is 9.79 Å². The van der Waals surface area contributed by atoms with Crippen molar-refractivity contribution in [1.82, 2.24) is 16.0 Å². The number of carbonyl (C=O) groups is 1. The molecular weight excluding hydrogens is 423 g/mol. The third-order valence-corrected chi connectivity index (χ3v) is 4.01. The van der Waals surface area contributed by atoms with Crippen LogP contribution < -0.4 is 16.0 Å². The van der Waals surface area contributed by atoms with Crippen molar-refractivity contribution in [2.75, 3.05) is 14.1 Å². The summed E-state index contributed by atoms with van der Waals surface area (Å²) in [5.74, 6) is 0.678. The minimum absolute atomic E-state index is 0. The number of rotatable bonds is 5. The number of aliphatic imine (C=N–C) groups is 1. The lowest BCUT2D eigenvalue weighted by Gasteiger charge is -2.11. The van der Waals surface area contributed by atoms with Gasteiger partial charge in [0.05, 0.1) is 6.54 Å². The lowest BCUT2D eigenvalue weighted by Crippen LogP contribution is -2.36. The molecule has 7 heteroatoms. The van der Waals surface area contributed by atoms with Gasteiger partial charge in [-0.25, -0.2) is 0 Å². The van der Waals surface area contributed by atoms with Crippen molar-refractivity contribution in [2.45, 2.75) is 13.1 Å². The Kier molecular flexibility index (Phi) is 8.64. The van der Waals surface area contributed by atoms with Crippen molar-refractivity contribution in [2.24, 2.45) is 4.99 Å².